The minimum atomic E-state index is -0.709. The molecule has 0 aromatic carbocycles. The molecule has 2 aliphatic rings. The van der Waals surface area contributed by atoms with Crippen LogP contribution in [0, 0.1) is 5.92 Å². The van der Waals surface area contributed by atoms with Gasteiger partial charge in [-0.05, 0) is 49.7 Å². The fourth-order valence-electron chi connectivity index (χ4n) is 3.45. The number of pyridine rings is 1. The van der Waals surface area contributed by atoms with Crippen LogP contribution in [-0.4, -0.2) is 45.9 Å². The van der Waals surface area contributed by atoms with E-state index in [0.717, 1.165) is 55.5 Å². The Morgan fingerprint density at radius 3 is 2.96 bits per heavy atom. The maximum atomic E-state index is 12.1. The molecule has 1 aromatic rings. The third kappa shape index (κ3) is 6.48. The number of hydrogen-bond acceptors (Lipinski definition) is 4. The normalized spacial score (nSPS) is 24.3. The lowest BCUT2D eigenvalue weighted by Gasteiger charge is -2.30. The predicted molar refractivity (Wildman–Crippen MR) is 111 cm³/mol. The average Bonchev–Trinajstić information content (AvgIpc) is 3.54. The Balaban J connectivity index is 1.47. The number of aromatic nitrogens is 1. The van der Waals surface area contributed by atoms with Gasteiger partial charge in [0, 0.05) is 53.7 Å². The molecule has 0 spiro atoms. The smallest absolute Gasteiger partial charge is 0.213 e. The maximum Gasteiger partial charge on any atom is 0.213 e. The van der Waals surface area contributed by atoms with E-state index in [2.05, 4.69) is 20.6 Å². The highest BCUT2D eigenvalue weighted by Gasteiger charge is 2.26. The summed E-state index contributed by atoms with van der Waals surface area (Å²) in [5, 5.41) is 7.19. The zero-order chi connectivity index (χ0) is 19.1. The second kappa shape index (κ2) is 10.1. The highest BCUT2D eigenvalue weighted by Crippen LogP contribution is 2.29. The highest BCUT2D eigenvalue weighted by molar-refractivity contribution is 7.85. The van der Waals surface area contributed by atoms with E-state index >= 15 is 0 Å². The zero-order valence-corrected chi connectivity index (χ0v) is 17.3. The van der Waals surface area contributed by atoms with Crippen molar-refractivity contribution in [1.29, 1.82) is 0 Å². The van der Waals surface area contributed by atoms with E-state index in [1.54, 1.807) is 13.2 Å². The molecule has 6 nitrogen and oxygen atoms in total. The lowest BCUT2D eigenvalue weighted by molar-refractivity contribution is 0.288. The van der Waals surface area contributed by atoms with Gasteiger partial charge in [0.1, 0.15) is 0 Å². The molecule has 2 N–H and O–H groups in total. The van der Waals surface area contributed by atoms with Crippen LogP contribution in [0.25, 0.3) is 0 Å². The Hall–Kier alpha value is -1.63. The maximum absolute atomic E-state index is 12.1. The molecule has 2 saturated carbocycles. The molecular formula is C20H32N4O2S. The lowest BCUT2D eigenvalue weighted by Crippen LogP contribution is -2.46. The number of aliphatic imine (C=N–C) groups is 1. The largest absolute Gasteiger partial charge is 0.477 e. The van der Waals surface area contributed by atoms with Crippen LogP contribution in [0.5, 0.6) is 5.88 Å². The minimum absolute atomic E-state index is 0.311. The molecule has 1 aromatic heterocycles. The van der Waals surface area contributed by atoms with Gasteiger partial charge >= 0.3 is 0 Å². The fraction of sp³-hybridized carbons (Fsp3) is 0.700. The molecule has 0 amide bonds. The molecule has 2 fully saturated rings. The van der Waals surface area contributed by atoms with Crippen molar-refractivity contribution in [3.05, 3.63) is 23.9 Å². The highest BCUT2D eigenvalue weighted by atomic mass is 32.2. The van der Waals surface area contributed by atoms with Gasteiger partial charge < -0.3 is 15.4 Å². The molecule has 27 heavy (non-hydrogen) atoms. The number of ether oxygens (including phenoxy) is 1. The average molecular weight is 393 g/mol. The van der Waals surface area contributed by atoms with Crippen LogP contribution in [0.3, 0.4) is 0 Å². The molecule has 2 aliphatic carbocycles. The number of nitrogens with zero attached hydrogens (tertiary/aromatic N) is 2. The summed E-state index contributed by atoms with van der Waals surface area (Å²) >= 11 is 0. The third-order valence-electron chi connectivity index (χ3n) is 5.27. The Morgan fingerprint density at radius 2 is 2.22 bits per heavy atom. The van der Waals surface area contributed by atoms with Crippen LogP contribution >= 0.6 is 0 Å². The van der Waals surface area contributed by atoms with Crippen molar-refractivity contribution in [3.8, 4) is 5.88 Å². The summed E-state index contributed by atoms with van der Waals surface area (Å²) in [7, 11) is 1.08. The Kier molecular flexibility index (Phi) is 7.50. The summed E-state index contributed by atoms with van der Waals surface area (Å²) < 4.78 is 17.9. The summed E-state index contributed by atoms with van der Waals surface area (Å²) in [6, 6.07) is 4.31. The number of rotatable bonds is 8. The van der Waals surface area contributed by atoms with Crippen LogP contribution in [-0.2, 0) is 17.3 Å². The molecular weight excluding hydrogens is 360 g/mol. The fourth-order valence-corrected chi connectivity index (χ4v) is 4.80. The first kappa shape index (κ1) is 20.1. The molecule has 0 saturated heterocycles. The van der Waals surface area contributed by atoms with E-state index in [4.69, 9.17) is 4.74 Å². The van der Waals surface area contributed by atoms with Gasteiger partial charge in [-0.25, -0.2) is 4.98 Å². The quantitative estimate of drug-likeness (QED) is 0.525. The summed E-state index contributed by atoms with van der Waals surface area (Å²) in [6.07, 6.45) is 8.60. The first-order chi connectivity index (χ1) is 13.2. The van der Waals surface area contributed by atoms with Crippen molar-refractivity contribution in [2.45, 2.75) is 63.3 Å². The monoisotopic (exact) mass is 392 g/mol. The van der Waals surface area contributed by atoms with Crippen molar-refractivity contribution in [2.75, 3.05) is 19.4 Å². The molecule has 0 aliphatic heterocycles. The van der Waals surface area contributed by atoms with Gasteiger partial charge in [0.15, 0.2) is 5.96 Å². The lowest BCUT2D eigenvalue weighted by atomic mass is 9.95. The van der Waals surface area contributed by atoms with Gasteiger partial charge in [-0.2, -0.15) is 0 Å². The van der Waals surface area contributed by atoms with Crippen LogP contribution in [0.2, 0.25) is 0 Å². The van der Waals surface area contributed by atoms with Gasteiger partial charge in [-0.3, -0.25) is 9.20 Å². The first-order valence-electron chi connectivity index (χ1n) is 10.1. The second-order valence-electron chi connectivity index (χ2n) is 7.48. The number of nitrogens with one attached hydrogen (secondary N) is 2. The zero-order valence-electron chi connectivity index (χ0n) is 16.4. The first-order valence-corrected chi connectivity index (χ1v) is 11.5. The predicted octanol–water partition coefficient (Wildman–Crippen LogP) is 2.62. The summed E-state index contributed by atoms with van der Waals surface area (Å²) in [5.41, 5.74) is 1.12. The van der Waals surface area contributed by atoms with Crippen LogP contribution < -0.4 is 15.4 Å². The Bertz CT molecular complexity index is 663. The van der Waals surface area contributed by atoms with Gasteiger partial charge in [0.05, 0.1) is 6.61 Å². The van der Waals surface area contributed by atoms with Gasteiger partial charge in [-0.15, -0.1) is 0 Å². The van der Waals surface area contributed by atoms with Crippen LogP contribution in [0.1, 0.15) is 51.0 Å². The number of guanidine groups is 1. The van der Waals surface area contributed by atoms with E-state index in [-0.39, 0.29) is 0 Å². The Morgan fingerprint density at radius 1 is 1.37 bits per heavy atom. The van der Waals surface area contributed by atoms with Crippen molar-refractivity contribution < 1.29 is 8.95 Å². The van der Waals surface area contributed by atoms with E-state index < -0.39 is 10.8 Å². The minimum Gasteiger partial charge on any atom is -0.477 e. The van der Waals surface area contributed by atoms with Crippen molar-refractivity contribution in [3.63, 3.8) is 0 Å². The molecule has 3 unspecified atom stereocenters. The number of hydrogen-bond donors (Lipinski definition) is 2. The molecule has 0 bridgehead atoms. The molecule has 3 atom stereocenters. The molecule has 0 radical (unpaired) electrons. The molecule has 150 valence electrons. The molecule has 7 heteroatoms. The van der Waals surface area contributed by atoms with Crippen LogP contribution in [0.4, 0.5) is 0 Å². The van der Waals surface area contributed by atoms with Crippen LogP contribution in [0.15, 0.2) is 23.3 Å². The van der Waals surface area contributed by atoms with E-state index in [0.29, 0.717) is 23.7 Å². The van der Waals surface area contributed by atoms with Gasteiger partial charge in [0.2, 0.25) is 5.88 Å². The van der Waals surface area contributed by atoms with Crippen molar-refractivity contribution in [1.82, 2.24) is 15.6 Å². The Labute approximate surface area is 165 Å². The topological polar surface area (TPSA) is 75.6 Å². The van der Waals surface area contributed by atoms with E-state index in [9.17, 15) is 4.21 Å². The van der Waals surface area contributed by atoms with E-state index in [1.807, 2.05) is 19.1 Å². The molecule has 3 rings (SSSR count). The van der Waals surface area contributed by atoms with Gasteiger partial charge in [0.25, 0.3) is 0 Å². The van der Waals surface area contributed by atoms with E-state index in [1.165, 1.54) is 12.8 Å². The summed E-state index contributed by atoms with van der Waals surface area (Å²) in [6.45, 7) is 3.44. The summed E-state index contributed by atoms with van der Waals surface area (Å²) in [4.78, 5) is 8.64. The molecule has 1 heterocycles. The SMILES string of the molecule is CCS(=O)C1CCCC(NC(=NC)NCc2ccnc(OCC3CC3)c2)C1. The van der Waals surface area contributed by atoms with Gasteiger partial charge in [-0.1, -0.05) is 13.3 Å². The summed E-state index contributed by atoms with van der Waals surface area (Å²) in [5.74, 6) is 2.96. The van der Waals surface area contributed by atoms with Crippen molar-refractivity contribution >= 4 is 16.8 Å². The standard InChI is InChI=1S/C20H32N4O2S/c1-3-27(25)18-6-4-5-17(12-18)24-20(21-2)23-13-16-9-10-22-19(11-16)26-14-15-7-8-15/h9-11,15,17-18H,3-8,12-14H2,1-2H3,(H2,21,23,24). The van der Waals surface area contributed by atoms with Crippen molar-refractivity contribution in [2.24, 2.45) is 10.9 Å². The third-order valence-corrected chi connectivity index (χ3v) is 7.01. The second-order valence-corrected chi connectivity index (χ2v) is 9.49.